The molecule has 0 bridgehead atoms. The molecule has 0 saturated carbocycles. The fourth-order valence-electron chi connectivity index (χ4n) is 1.97. The first-order valence-corrected chi connectivity index (χ1v) is 7.26. The topological polar surface area (TPSA) is 0 Å². The second-order valence-corrected chi connectivity index (χ2v) is 6.92. The predicted molar refractivity (Wildman–Crippen MR) is 58.7 cm³/mol. The smallest absolute Gasteiger partial charge is 0.0548 e. The maximum atomic E-state index is 2.33. The van der Waals surface area contributed by atoms with Gasteiger partial charge in [0.2, 0.25) is 7.14 Å². The van der Waals surface area contributed by atoms with Crippen molar-refractivity contribution < 1.29 is 21.2 Å². The van der Waals surface area contributed by atoms with E-state index in [2.05, 4.69) is 50.2 Å². The molecule has 0 aromatic heterocycles. The van der Waals surface area contributed by atoms with Crippen LogP contribution in [0.5, 0.6) is 0 Å². The molecule has 2 aromatic rings. The average Bonchev–Trinajstić information content (AvgIpc) is 2.56. The molecule has 15 heavy (non-hydrogen) atoms. The van der Waals surface area contributed by atoms with Crippen molar-refractivity contribution in [3.63, 3.8) is 0 Å². The lowest BCUT2D eigenvalue weighted by Crippen LogP contribution is -3.61. The van der Waals surface area contributed by atoms with Crippen LogP contribution < -0.4 is 21.2 Å². The summed E-state index contributed by atoms with van der Waals surface area (Å²) in [5.74, 6) is 0. The van der Waals surface area contributed by atoms with E-state index in [-0.39, 0.29) is 21.2 Å². The lowest BCUT2D eigenvalue weighted by Gasteiger charge is -1.97. The van der Waals surface area contributed by atoms with Crippen LogP contribution in [-0.4, -0.2) is 0 Å². The third-order valence-electron chi connectivity index (χ3n) is 2.74. The molecule has 1 heterocycles. The standard InChI is InChI=1S/C14H12I/c1-9-3-5-13-11(7-9)12-8-10(2)4-6-14(12)15-13/h3-8H,1-2H3/q+1. The predicted octanol–water partition coefficient (Wildman–Crippen LogP) is 0.412. The van der Waals surface area contributed by atoms with E-state index < -0.39 is 0 Å². The van der Waals surface area contributed by atoms with E-state index in [4.69, 9.17) is 0 Å². The van der Waals surface area contributed by atoms with Gasteiger partial charge in [-0.15, -0.1) is 0 Å². The Balaban J connectivity index is 2.28. The number of hydrogen-bond donors (Lipinski definition) is 0. The Morgan fingerprint density at radius 2 is 1.20 bits per heavy atom. The molecule has 0 spiro atoms. The molecule has 1 aliphatic heterocycles. The Morgan fingerprint density at radius 1 is 0.733 bits per heavy atom. The van der Waals surface area contributed by atoms with Crippen molar-refractivity contribution in [3.05, 3.63) is 54.7 Å². The van der Waals surface area contributed by atoms with Crippen molar-refractivity contribution >= 4 is 0 Å². The van der Waals surface area contributed by atoms with Gasteiger partial charge in [0, 0.05) is 11.1 Å². The van der Waals surface area contributed by atoms with Gasteiger partial charge in [0.15, 0.2) is 0 Å². The largest absolute Gasteiger partial charge is 0.359 e. The van der Waals surface area contributed by atoms with Crippen LogP contribution in [-0.2, 0) is 0 Å². The number of hydrogen-bond acceptors (Lipinski definition) is 0. The summed E-state index contributed by atoms with van der Waals surface area (Å²) in [6.07, 6.45) is 0. The van der Waals surface area contributed by atoms with Crippen molar-refractivity contribution in [2.75, 3.05) is 0 Å². The van der Waals surface area contributed by atoms with Gasteiger partial charge in [-0.1, -0.05) is 23.3 Å². The van der Waals surface area contributed by atoms with Crippen LogP contribution in [0.25, 0.3) is 11.1 Å². The first-order chi connectivity index (χ1) is 7.24. The van der Waals surface area contributed by atoms with Gasteiger partial charge in [-0.2, -0.15) is 0 Å². The van der Waals surface area contributed by atoms with E-state index in [0.29, 0.717) is 0 Å². The third-order valence-corrected chi connectivity index (χ3v) is 5.78. The number of halogens is 1. The maximum absolute atomic E-state index is 2.33. The summed E-state index contributed by atoms with van der Waals surface area (Å²) in [5.41, 5.74) is 5.71. The molecule has 0 N–H and O–H groups in total. The van der Waals surface area contributed by atoms with Gasteiger partial charge in [0.1, 0.15) is 0 Å². The minimum atomic E-state index is 0.0772. The Kier molecular flexibility index (Phi) is 2.09. The highest BCUT2D eigenvalue weighted by Gasteiger charge is 2.32. The molecule has 1 aliphatic rings. The van der Waals surface area contributed by atoms with Gasteiger partial charge in [0.25, 0.3) is 0 Å². The minimum Gasteiger partial charge on any atom is -0.0548 e. The summed E-state index contributed by atoms with van der Waals surface area (Å²) < 4.78 is 3.17. The second-order valence-electron chi connectivity index (χ2n) is 4.06. The first-order valence-electron chi connectivity index (χ1n) is 5.10. The van der Waals surface area contributed by atoms with Crippen LogP contribution in [0.4, 0.5) is 0 Å². The molecule has 3 rings (SSSR count). The van der Waals surface area contributed by atoms with Crippen LogP contribution in [0.1, 0.15) is 11.1 Å². The van der Waals surface area contributed by atoms with Crippen molar-refractivity contribution in [2.24, 2.45) is 0 Å². The zero-order chi connectivity index (χ0) is 10.4. The third kappa shape index (κ3) is 1.49. The van der Waals surface area contributed by atoms with E-state index in [0.717, 1.165) is 0 Å². The van der Waals surface area contributed by atoms with Gasteiger partial charge < -0.3 is 0 Å². The molecule has 0 amide bonds. The van der Waals surface area contributed by atoms with Gasteiger partial charge in [-0.25, -0.2) is 0 Å². The van der Waals surface area contributed by atoms with Crippen LogP contribution >= 0.6 is 0 Å². The maximum Gasteiger partial charge on any atom is 0.359 e. The summed E-state index contributed by atoms with van der Waals surface area (Å²) >= 11 is 0.0772. The van der Waals surface area contributed by atoms with Gasteiger partial charge >= 0.3 is 21.2 Å². The van der Waals surface area contributed by atoms with Crippen LogP contribution in [0, 0.1) is 21.0 Å². The molecule has 0 nitrogen and oxygen atoms in total. The fourth-order valence-corrected chi connectivity index (χ4v) is 4.78. The molecule has 1 heteroatoms. The van der Waals surface area contributed by atoms with E-state index in [1.54, 1.807) is 7.14 Å². The Morgan fingerprint density at radius 3 is 1.67 bits per heavy atom. The zero-order valence-corrected chi connectivity index (χ0v) is 11.0. The highest BCUT2D eigenvalue weighted by atomic mass is 127. The summed E-state index contributed by atoms with van der Waals surface area (Å²) in [4.78, 5) is 0. The van der Waals surface area contributed by atoms with Crippen molar-refractivity contribution in [1.82, 2.24) is 0 Å². The Labute approximate surface area is 101 Å². The number of fused-ring (bicyclic) bond motifs is 3. The monoisotopic (exact) mass is 307 g/mol. The Hall–Kier alpha value is -0.830. The number of benzene rings is 2. The first kappa shape index (κ1) is 9.40. The molecule has 0 saturated heterocycles. The van der Waals surface area contributed by atoms with Gasteiger partial charge in [0.05, 0.1) is 0 Å². The molecule has 0 aliphatic carbocycles. The van der Waals surface area contributed by atoms with Crippen molar-refractivity contribution in [3.8, 4) is 11.1 Å². The highest BCUT2D eigenvalue weighted by molar-refractivity contribution is 5.66. The molecule has 2 aromatic carbocycles. The summed E-state index contributed by atoms with van der Waals surface area (Å²) in [6.45, 7) is 4.35. The molecule has 0 atom stereocenters. The van der Waals surface area contributed by atoms with E-state index in [1.165, 1.54) is 22.3 Å². The highest BCUT2D eigenvalue weighted by Crippen LogP contribution is 2.24. The SMILES string of the molecule is Cc1ccc2c(c1)-c1cc(C)ccc1[I+]2. The van der Waals surface area contributed by atoms with Crippen LogP contribution in [0.3, 0.4) is 0 Å². The van der Waals surface area contributed by atoms with Crippen molar-refractivity contribution in [1.29, 1.82) is 0 Å². The lowest BCUT2D eigenvalue weighted by molar-refractivity contribution is -0.589. The van der Waals surface area contributed by atoms with Crippen LogP contribution in [0.15, 0.2) is 36.4 Å². The quantitative estimate of drug-likeness (QED) is 0.528. The molecular formula is C14H12I+. The fraction of sp³-hybridized carbons (Fsp3) is 0.143. The van der Waals surface area contributed by atoms with Crippen LogP contribution in [0.2, 0.25) is 0 Å². The van der Waals surface area contributed by atoms with E-state index in [9.17, 15) is 0 Å². The average molecular weight is 307 g/mol. The second kappa shape index (κ2) is 3.34. The van der Waals surface area contributed by atoms with E-state index in [1.807, 2.05) is 0 Å². The van der Waals surface area contributed by atoms with Gasteiger partial charge in [-0.3, -0.25) is 0 Å². The molecule has 0 fully saturated rings. The van der Waals surface area contributed by atoms with Gasteiger partial charge in [-0.05, 0) is 38.1 Å². The Bertz CT molecular complexity index is 492. The summed E-state index contributed by atoms with van der Waals surface area (Å²) in [7, 11) is 0. The summed E-state index contributed by atoms with van der Waals surface area (Å²) in [6, 6.07) is 13.8. The minimum absolute atomic E-state index is 0.0772. The number of aryl methyl sites for hydroxylation is 2. The molecule has 0 radical (unpaired) electrons. The zero-order valence-electron chi connectivity index (χ0n) is 8.84. The lowest BCUT2D eigenvalue weighted by atomic mass is 10.0. The number of rotatable bonds is 0. The molecular weight excluding hydrogens is 295 g/mol. The van der Waals surface area contributed by atoms with E-state index >= 15 is 0 Å². The molecule has 74 valence electrons. The van der Waals surface area contributed by atoms with Crippen molar-refractivity contribution in [2.45, 2.75) is 13.8 Å². The normalized spacial score (nSPS) is 12.4. The summed E-state index contributed by atoms with van der Waals surface area (Å²) in [5, 5.41) is 0. The molecule has 0 unspecified atom stereocenters.